The number of aldehydes is 1. The predicted octanol–water partition coefficient (Wildman–Crippen LogP) is 4.97. The summed E-state index contributed by atoms with van der Waals surface area (Å²) >= 11 is 0. The minimum Gasteiger partial charge on any atom is -0.465 e. The smallest absolute Gasteiger partial charge is 0.408 e. The van der Waals surface area contributed by atoms with Crippen molar-refractivity contribution in [3.63, 3.8) is 0 Å². The molecule has 27 heavy (non-hydrogen) atoms. The van der Waals surface area contributed by atoms with Crippen LogP contribution in [0.5, 0.6) is 0 Å². The first-order valence-electron chi connectivity index (χ1n) is 9.40. The molecule has 5 nitrogen and oxygen atoms in total. The maximum Gasteiger partial charge on any atom is 0.408 e. The second-order valence-corrected chi connectivity index (χ2v) is 14.3. The highest BCUT2D eigenvalue weighted by Crippen LogP contribution is 2.38. The zero-order chi connectivity index (χ0) is 21.0. The van der Waals surface area contributed by atoms with E-state index in [-0.39, 0.29) is 5.04 Å². The molecule has 0 bridgehead atoms. The van der Waals surface area contributed by atoms with Gasteiger partial charge in [-0.2, -0.15) is 0 Å². The third-order valence-corrected chi connectivity index (χ3v) is 9.77. The molecule has 0 aliphatic rings. The van der Waals surface area contributed by atoms with Gasteiger partial charge in [0.15, 0.2) is 8.32 Å². The lowest BCUT2D eigenvalue weighted by atomic mass is 9.95. The van der Waals surface area contributed by atoms with E-state index in [1.807, 2.05) is 51.1 Å². The van der Waals surface area contributed by atoms with Gasteiger partial charge in [0.25, 0.3) is 0 Å². The number of hydrogen-bond donors (Lipinski definition) is 1. The van der Waals surface area contributed by atoms with Gasteiger partial charge in [0, 0.05) is 5.54 Å². The summed E-state index contributed by atoms with van der Waals surface area (Å²) in [4.78, 5) is 25.6. The summed E-state index contributed by atoms with van der Waals surface area (Å²) in [5.41, 5.74) is 0.312. The molecule has 0 fully saturated rings. The molecule has 6 heteroatoms. The van der Waals surface area contributed by atoms with Crippen LogP contribution in [0.4, 0.5) is 4.79 Å². The highest BCUT2D eigenvalue weighted by molar-refractivity contribution is 6.74. The fraction of sp³-hybridized carbons (Fsp3) is 0.619. The Morgan fingerprint density at radius 1 is 1.15 bits per heavy atom. The molecule has 1 unspecified atom stereocenters. The summed E-state index contributed by atoms with van der Waals surface area (Å²) in [6.45, 7) is 16.0. The summed E-state index contributed by atoms with van der Waals surface area (Å²) in [6, 6.07) is 9.05. The van der Waals surface area contributed by atoms with Gasteiger partial charge >= 0.3 is 6.09 Å². The van der Waals surface area contributed by atoms with Gasteiger partial charge in [0.2, 0.25) is 0 Å². The van der Waals surface area contributed by atoms with Crippen LogP contribution in [0.1, 0.15) is 47.1 Å². The van der Waals surface area contributed by atoms with E-state index in [9.17, 15) is 14.7 Å². The first kappa shape index (κ1) is 23.4. The van der Waals surface area contributed by atoms with Crippen molar-refractivity contribution in [1.29, 1.82) is 0 Å². The molecule has 0 aliphatic heterocycles. The summed E-state index contributed by atoms with van der Waals surface area (Å²) in [7, 11) is -2.26. The van der Waals surface area contributed by atoms with Crippen LogP contribution in [-0.4, -0.2) is 48.4 Å². The Balaban J connectivity index is 3.36. The van der Waals surface area contributed by atoms with E-state index < -0.39 is 32.1 Å². The van der Waals surface area contributed by atoms with Crippen LogP contribution in [-0.2, 0) is 15.6 Å². The average molecular weight is 394 g/mol. The van der Waals surface area contributed by atoms with Gasteiger partial charge in [0.05, 0.1) is 6.04 Å². The number of amides is 1. The quantitative estimate of drug-likeness (QED) is 0.525. The molecule has 0 spiro atoms. The number of carbonyl (C=O) groups excluding carboxylic acids is 1. The van der Waals surface area contributed by atoms with E-state index in [4.69, 9.17) is 4.43 Å². The topological polar surface area (TPSA) is 66.8 Å². The summed E-state index contributed by atoms with van der Waals surface area (Å²) in [6.07, 6.45) is -0.673. The predicted molar refractivity (Wildman–Crippen MR) is 112 cm³/mol. The molecular weight excluding hydrogens is 358 g/mol. The number of hydrogen-bond acceptors (Lipinski definition) is 3. The van der Waals surface area contributed by atoms with Crippen molar-refractivity contribution >= 4 is 20.7 Å². The molecule has 0 heterocycles. The van der Waals surface area contributed by atoms with Crippen LogP contribution in [0.3, 0.4) is 0 Å². The largest absolute Gasteiger partial charge is 0.465 e. The van der Waals surface area contributed by atoms with Crippen molar-refractivity contribution in [2.45, 2.75) is 83.8 Å². The number of nitrogens with zero attached hydrogens (tertiary/aromatic N) is 1. The van der Waals surface area contributed by atoms with Gasteiger partial charge in [0.1, 0.15) is 12.4 Å². The highest BCUT2D eigenvalue weighted by atomic mass is 28.4. The SMILES string of the molecule is CC(C)(C)N(C(=O)O)C(Cc1ccccc1)[C@@H](C=O)O[Si](C)(C)C(C)(C)C. The number of carbonyl (C=O) groups is 2. The molecule has 1 aromatic carbocycles. The molecule has 152 valence electrons. The zero-order valence-electron chi connectivity index (χ0n) is 17.9. The van der Waals surface area contributed by atoms with Crippen molar-refractivity contribution < 1.29 is 19.1 Å². The van der Waals surface area contributed by atoms with Gasteiger partial charge in [-0.15, -0.1) is 0 Å². The molecule has 2 atom stereocenters. The third kappa shape index (κ3) is 6.18. The van der Waals surface area contributed by atoms with E-state index in [0.717, 1.165) is 11.8 Å². The monoisotopic (exact) mass is 393 g/mol. The van der Waals surface area contributed by atoms with Crippen molar-refractivity contribution in [2.24, 2.45) is 0 Å². The fourth-order valence-corrected chi connectivity index (χ4v) is 4.10. The van der Waals surface area contributed by atoms with Crippen LogP contribution >= 0.6 is 0 Å². The Labute approximate surface area is 164 Å². The molecule has 1 rings (SSSR count). The lowest BCUT2D eigenvalue weighted by Gasteiger charge is -2.45. The Morgan fingerprint density at radius 3 is 2.04 bits per heavy atom. The zero-order valence-corrected chi connectivity index (χ0v) is 18.9. The van der Waals surface area contributed by atoms with Gasteiger partial charge in [-0.05, 0) is 50.9 Å². The molecule has 1 amide bonds. The lowest BCUT2D eigenvalue weighted by molar-refractivity contribution is -0.117. The van der Waals surface area contributed by atoms with Crippen molar-refractivity contribution in [3.8, 4) is 0 Å². The minimum absolute atomic E-state index is 0.0820. The normalized spacial score (nSPS) is 15.1. The second kappa shape index (κ2) is 8.57. The maximum absolute atomic E-state index is 12.1. The van der Waals surface area contributed by atoms with Gasteiger partial charge in [-0.3, -0.25) is 4.90 Å². The van der Waals surface area contributed by atoms with E-state index in [0.29, 0.717) is 6.42 Å². The van der Waals surface area contributed by atoms with Gasteiger partial charge < -0.3 is 14.3 Å². The molecule has 0 saturated carbocycles. The van der Waals surface area contributed by atoms with Crippen molar-refractivity contribution in [2.75, 3.05) is 0 Å². The summed E-state index contributed by atoms with van der Waals surface area (Å²) in [5.74, 6) is 0. The molecule has 0 saturated heterocycles. The molecule has 1 N–H and O–H groups in total. The Bertz CT molecular complexity index is 632. The van der Waals surface area contributed by atoms with Crippen LogP contribution in [0.15, 0.2) is 30.3 Å². The summed E-state index contributed by atoms with van der Waals surface area (Å²) in [5, 5.41) is 9.84. The van der Waals surface area contributed by atoms with Crippen molar-refractivity contribution in [3.05, 3.63) is 35.9 Å². The molecule has 0 aromatic heterocycles. The van der Waals surface area contributed by atoms with E-state index in [2.05, 4.69) is 33.9 Å². The van der Waals surface area contributed by atoms with Gasteiger partial charge in [-0.1, -0.05) is 51.1 Å². The van der Waals surface area contributed by atoms with E-state index in [1.165, 1.54) is 4.90 Å². The Kier molecular flexibility index (Phi) is 7.42. The number of carboxylic acid groups (broad SMARTS) is 1. The first-order chi connectivity index (χ1) is 12.2. The minimum atomic E-state index is -2.26. The first-order valence-corrected chi connectivity index (χ1v) is 12.3. The van der Waals surface area contributed by atoms with Crippen LogP contribution in [0.25, 0.3) is 0 Å². The van der Waals surface area contributed by atoms with E-state index >= 15 is 0 Å². The highest BCUT2D eigenvalue weighted by Gasteiger charge is 2.44. The maximum atomic E-state index is 12.1. The van der Waals surface area contributed by atoms with Crippen LogP contribution in [0, 0.1) is 0 Å². The molecule has 0 radical (unpaired) electrons. The van der Waals surface area contributed by atoms with Crippen LogP contribution < -0.4 is 0 Å². The molecule has 0 aliphatic carbocycles. The Morgan fingerprint density at radius 2 is 1.67 bits per heavy atom. The molecule has 1 aromatic rings. The summed E-state index contributed by atoms with van der Waals surface area (Å²) < 4.78 is 6.38. The second-order valence-electron chi connectivity index (χ2n) is 9.56. The van der Waals surface area contributed by atoms with E-state index in [1.54, 1.807) is 0 Å². The number of benzene rings is 1. The lowest BCUT2D eigenvalue weighted by Crippen LogP contribution is -2.59. The molecular formula is C21H35NO4Si. The van der Waals surface area contributed by atoms with Crippen LogP contribution in [0.2, 0.25) is 18.1 Å². The standard InChI is InChI=1S/C21H35NO4Si/c1-20(2,3)22(19(24)25)17(14-16-12-10-9-11-13-16)18(15-23)26-27(7,8)21(4,5)6/h9-13,15,17-18H,14H2,1-8H3,(H,24,25)/t17?,18-/m1/s1. The third-order valence-electron chi connectivity index (χ3n) is 5.30. The number of rotatable bonds is 7. The van der Waals surface area contributed by atoms with Crippen molar-refractivity contribution in [1.82, 2.24) is 4.90 Å². The Hall–Kier alpha value is -1.66. The fourth-order valence-electron chi connectivity index (χ4n) is 2.85. The average Bonchev–Trinajstić information content (AvgIpc) is 2.50. The van der Waals surface area contributed by atoms with Gasteiger partial charge in [-0.25, -0.2) is 4.79 Å².